The van der Waals surface area contributed by atoms with E-state index in [9.17, 15) is 14.4 Å². The summed E-state index contributed by atoms with van der Waals surface area (Å²) in [4.78, 5) is 33.7. The maximum absolute atomic E-state index is 11.5. The quantitative estimate of drug-likeness (QED) is 0.352. The van der Waals surface area contributed by atoms with Crippen molar-refractivity contribution in [1.29, 1.82) is 0 Å². The van der Waals surface area contributed by atoms with Gasteiger partial charge in [0.05, 0.1) is 17.4 Å². The minimum Gasteiger partial charge on any atom is -0.460 e. The Balaban J connectivity index is 2.58. The maximum atomic E-state index is 11.5. The maximum Gasteiger partial charge on any atom is 0.375 e. The van der Waals surface area contributed by atoms with Crippen LogP contribution in [-0.2, 0) is 14.3 Å². The summed E-state index contributed by atoms with van der Waals surface area (Å²) in [5.41, 5.74) is 0.340. The first-order valence-corrected chi connectivity index (χ1v) is 5.77. The van der Waals surface area contributed by atoms with Crippen LogP contribution in [0.4, 0.5) is 0 Å². The molecule has 0 spiro atoms. The van der Waals surface area contributed by atoms with Crippen molar-refractivity contribution in [3.8, 4) is 0 Å². The van der Waals surface area contributed by atoms with E-state index in [2.05, 4.69) is 4.74 Å². The number of rotatable bonds is 5. The molecule has 0 saturated heterocycles. The minimum atomic E-state index is -0.975. The number of hydrogen-bond donors (Lipinski definition) is 0. The smallest absolute Gasteiger partial charge is 0.375 e. The summed E-state index contributed by atoms with van der Waals surface area (Å²) in [6.45, 7) is 1.70. The zero-order valence-electron chi connectivity index (χ0n) is 8.49. The Kier molecular flexibility index (Phi) is 4.64. The van der Waals surface area contributed by atoms with Gasteiger partial charge in [-0.2, -0.15) is 0 Å². The molecule has 0 N–H and O–H groups in total. The standard InChI is InChI=1S/C10H9ClO4S/c1-2-15-10(14)8(13)4-7(12)6-3-9(11)16-5-6/h3,5H,2,4H2,1H3. The van der Waals surface area contributed by atoms with Crippen molar-refractivity contribution < 1.29 is 19.1 Å². The van der Waals surface area contributed by atoms with E-state index < -0.39 is 24.0 Å². The average Bonchev–Trinajstić information content (AvgIpc) is 2.65. The monoisotopic (exact) mass is 260 g/mol. The fraction of sp³-hybridized carbons (Fsp3) is 0.300. The Morgan fingerprint density at radius 2 is 2.12 bits per heavy atom. The number of Topliss-reactive ketones (excluding diaryl/α,β-unsaturated/α-hetero) is 2. The molecule has 0 radical (unpaired) electrons. The van der Waals surface area contributed by atoms with Gasteiger partial charge in [0.25, 0.3) is 0 Å². The summed E-state index contributed by atoms with van der Waals surface area (Å²) in [5, 5.41) is 1.54. The number of carbonyl (C=O) groups excluding carboxylic acids is 3. The molecule has 16 heavy (non-hydrogen) atoms. The van der Waals surface area contributed by atoms with Crippen molar-refractivity contribution in [1.82, 2.24) is 0 Å². The van der Waals surface area contributed by atoms with Crippen molar-refractivity contribution in [3.63, 3.8) is 0 Å². The van der Waals surface area contributed by atoms with Crippen molar-refractivity contribution >= 4 is 40.5 Å². The third-order valence-electron chi connectivity index (χ3n) is 1.71. The van der Waals surface area contributed by atoms with Crippen LogP contribution in [0.1, 0.15) is 23.7 Å². The number of hydrogen-bond acceptors (Lipinski definition) is 5. The van der Waals surface area contributed by atoms with E-state index >= 15 is 0 Å². The molecule has 0 aromatic carbocycles. The summed E-state index contributed by atoms with van der Waals surface area (Å²) >= 11 is 6.84. The molecule has 0 atom stereocenters. The summed E-state index contributed by atoms with van der Waals surface area (Å²) in [7, 11) is 0. The molecular formula is C10H9ClO4S. The first kappa shape index (κ1) is 12.9. The Labute approximate surface area is 101 Å². The first-order chi connectivity index (χ1) is 7.54. The normalized spacial score (nSPS) is 9.88. The van der Waals surface area contributed by atoms with Crippen LogP contribution in [0.25, 0.3) is 0 Å². The number of halogens is 1. The highest BCUT2D eigenvalue weighted by molar-refractivity contribution is 7.14. The van der Waals surface area contributed by atoms with E-state index in [0.29, 0.717) is 9.90 Å². The van der Waals surface area contributed by atoms with E-state index in [-0.39, 0.29) is 6.61 Å². The van der Waals surface area contributed by atoms with Gasteiger partial charge < -0.3 is 4.74 Å². The number of carbonyl (C=O) groups is 3. The minimum absolute atomic E-state index is 0.114. The van der Waals surface area contributed by atoms with Gasteiger partial charge >= 0.3 is 5.97 Å². The Bertz CT molecular complexity index is 424. The second-order valence-electron chi connectivity index (χ2n) is 2.88. The number of thiophene rings is 1. The van der Waals surface area contributed by atoms with Gasteiger partial charge in [0.15, 0.2) is 5.78 Å². The molecule has 0 aliphatic carbocycles. The van der Waals surface area contributed by atoms with Gasteiger partial charge in [-0.1, -0.05) is 11.6 Å². The molecule has 0 saturated carbocycles. The van der Waals surface area contributed by atoms with E-state index in [1.165, 1.54) is 17.4 Å². The lowest BCUT2D eigenvalue weighted by molar-refractivity contribution is -0.153. The van der Waals surface area contributed by atoms with Crippen LogP contribution in [-0.4, -0.2) is 24.1 Å². The predicted molar refractivity (Wildman–Crippen MR) is 59.9 cm³/mol. The third kappa shape index (κ3) is 3.43. The van der Waals surface area contributed by atoms with E-state index in [4.69, 9.17) is 11.6 Å². The van der Waals surface area contributed by atoms with Crippen molar-refractivity contribution in [2.75, 3.05) is 6.61 Å². The molecule has 1 rings (SSSR count). The number of ether oxygens (including phenoxy) is 1. The van der Waals surface area contributed by atoms with Crippen LogP contribution in [0.3, 0.4) is 0 Å². The highest BCUT2D eigenvalue weighted by Crippen LogP contribution is 2.20. The molecule has 1 heterocycles. The number of ketones is 2. The van der Waals surface area contributed by atoms with Crippen molar-refractivity contribution in [3.05, 3.63) is 21.3 Å². The third-order valence-corrected chi connectivity index (χ3v) is 2.80. The van der Waals surface area contributed by atoms with Crippen LogP contribution < -0.4 is 0 Å². The van der Waals surface area contributed by atoms with Gasteiger partial charge in [-0.3, -0.25) is 9.59 Å². The largest absolute Gasteiger partial charge is 0.460 e. The van der Waals surface area contributed by atoms with Crippen molar-refractivity contribution in [2.45, 2.75) is 13.3 Å². The molecule has 0 aliphatic heterocycles. The van der Waals surface area contributed by atoms with Gasteiger partial charge in [0, 0.05) is 10.9 Å². The molecule has 4 nitrogen and oxygen atoms in total. The fourth-order valence-corrected chi connectivity index (χ4v) is 1.87. The van der Waals surface area contributed by atoms with Gasteiger partial charge in [0.1, 0.15) is 0 Å². The predicted octanol–water partition coefficient (Wildman–Crippen LogP) is 2.11. The Morgan fingerprint density at radius 3 is 2.62 bits per heavy atom. The van der Waals surface area contributed by atoms with Gasteiger partial charge in [0.2, 0.25) is 5.78 Å². The van der Waals surface area contributed by atoms with Crippen LogP contribution in [0.15, 0.2) is 11.4 Å². The Hall–Kier alpha value is -1.20. The summed E-state index contributed by atoms with van der Waals surface area (Å²) in [6.07, 6.45) is -0.480. The topological polar surface area (TPSA) is 60.4 Å². The molecule has 6 heteroatoms. The second-order valence-corrected chi connectivity index (χ2v) is 4.43. The van der Waals surface area contributed by atoms with Crippen LogP contribution in [0.2, 0.25) is 4.34 Å². The summed E-state index contributed by atoms with van der Waals surface area (Å²) in [5.74, 6) is -2.24. The van der Waals surface area contributed by atoms with Gasteiger partial charge in [-0.15, -0.1) is 11.3 Å². The van der Waals surface area contributed by atoms with Crippen LogP contribution >= 0.6 is 22.9 Å². The molecule has 0 bridgehead atoms. The molecular weight excluding hydrogens is 252 g/mol. The molecule has 1 aromatic heterocycles. The lowest BCUT2D eigenvalue weighted by Crippen LogP contribution is -2.20. The molecule has 0 aliphatic rings. The fourth-order valence-electron chi connectivity index (χ4n) is 0.988. The van der Waals surface area contributed by atoms with E-state index in [1.54, 1.807) is 12.3 Å². The molecule has 0 unspecified atom stereocenters. The average molecular weight is 261 g/mol. The Morgan fingerprint density at radius 1 is 1.44 bits per heavy atom. The summed E-state index contributed by atoms with van der Waals surface area (Å²) < 4.78 is 4.95. The van der Waals surface area contributed by atoms with Crippen LogP contribution in [0, 0.1) is 0 Å². The lowest BCUT2D eigenvalue weighted by Gasteiger charge is -1.99. The van der Waals surface area contributed by atoms with E-state index in [0.717, 1.165) is 0 Å². The zero-order chi connectivity index (χ0) is 12.1. The van der Waals surface area contributed by atoms with Crippen LogP contribution in [0.5, 0.6) is 0 Å². The zero-order valence-corrected chi connectivity index (χ0v) is 10.1. The summed E-state index contributed by atoms with van der Waals surface area (Å²) in [6, 6.07) is 1.47. The lowest BCUT2D eigenvalue weighted by atomic mass is 10.1. The SMILES string of the molecule is CCOC(=O)C(=O)CC(=O)c1csc(Cl)c1. The molecule has 0 fully saturated rings. The molecule has 1 aromatic rings. The van der Waals surface area contributed by atoms with Gasteiger partial charge in [-0.25, -0.2) is 4.79 Å². The highest BCUT2D eigenvalue weighted by Gasteiger charge is 2.20. The molecule has 0 amide bonds. The van der Waals surface area contributed by atoms with E-state index in [1.807, 2.05) is 0 Å². The first-order valence-electron chi connectivity index (χ1n) is 4.51. The second kappa shape index (κ2) is 5.77. The highest BCUT2D eigenvalue weighted by atomic mass is 35.5. The molecule has 86 valence electrons. The van der Waals surface area contributed by atoms with Gasteiger partial charge in [-0.05, 0) is 13.0 Å². The van der Waals surface area contributed by atoms with Crippen molar-refractivity contribution in [2.24, 2.45) is 0 Å². The number of esters is 1.